The highest BCUT2D eigenvalue weighted by atomic mass is 16.5. The van der Waals surface area contributed by atoms with Gasteiger partial charge in [-0.25, -0.2) is 0 Å². The lowest BCUT2D eigenvalue weighted by Crippen LogP contribution is -2.67. The SMILES string of the molecule is COc1cccc2c1C(=O)C1C(O)=C3C(=C(O)[C@](O)(C(=O)CN)C(O)C3(O)O)C(O)=C1C2=O. The zero-order valence-electron chi connectivity index (χ0n) is 16.9. The molecule has 3 aliphatic rings. The summed E-state index contributed by atoms with van der Waals surface area (Å²) in [7, 11) is 1.23. The van der Waals surface area contributed by atoms with E-state index >= 15 is 0 Å². The Bertz CT molecular complexity index is 1240. The molecule has 12 heteroatoms. The van der Waals surface area contributed by atoms with Gasteiger partial charge in [-0.15, -0.1) is 0 Å². The molecule has 0 saturated carbocycles. The molecule has 0 saturated heterocycles. The normalized spacial score (nSPS) is 28.4. The van der Waals surface area contributed by atoms with E-state index < -0.39 is 81.3 Å². The lowest BCUT2D eigenvalue weighted by molar-refractivity contribution is -0.247. The summed E-state index contributed by atoms with van der Waals surface area (Å²) in [6.07, 6.45) is -2.90. The smallest absolute Gasteiger partial charge is 0.224 e. The van der Waals surface area contributed by atoms with Crippen LogP contribution in [0.2, 0.25) is 0 Å². The number of methoxy groups -OCH3 is 1. The van der Waals surface area contributed by atoms with Gasteiger partial charge in [0.15, 0.2) is 23.5 Å². The van der Waals surface area contributed by atoms with Crippen molar-refractivity contribution in [3.8, 4) is 5.75 Å². The Morgan fingerprint density at radius 2 is 1.79 bits per heavy atom. The van der Waals surface area contributed by atoms with E-state index in [1.165, 1.54) is 25.3 Å². The summed E-state index contributed by atoms with van der Waals surface area (Å²) < 4.78 is 5.10. The number of rotatable bonds is 3. The largest absolute Gasteiger partial charge is 0.511 e. The summed E-state index contributed by atoms with van der Waals surface area (Å²) in [6, 6.07) is 4.01. The van der Waals surface area contributed by atoms with Crippen LogP contribution < -0.4 is 10.5 Å². The summed E-state index contributed by atoms with van der Waals surface area (Å²) in [5.74, 6) is -13.0. The molecule has 0 fully saturated rings. The van der Waals surface area contributed by atoms with Gasteiger partial charge in [0.05, 0.1) is 35.9 Å². The third-order valence-corrected chi connectivity index (χ3v) is 6.16. The third kappa shape index (κ3) is 2.54. The van der Waals surface area contributed by atoms with Crippen LogP contribution in [0.25, 0.3) is 0 Å². The number of ketones is 3. The first-order valence-electron chi connectivity index (χ1n) is 9.52. The number of allylic oxidation sites excluding steroid dienone is 2. The van der Waals surface area contributed by atoms with Gasteiger partial charge >= 0.3 is 0 Å². The van der Waals surface area contributed by atoms with Crippen LogP contribution >= 0.6 is 0 Å². The minimum absolute atomic E-state index is 0.0303. The van der Waals surface area contributed by atoms with Crippen molar-refractivity contribution in [1.29, 1.82) is 0 Å². The van der Waals surface area contributed by atoms with Crippen molar-refractivity contribution in [2.75, 3.05) is 13.7 Å². The average molecular weight is 461 g/mol. The maximum atomic E-state index is 13.3. The minimum atomic E-state index is -3.67. The Hall–Kier alpha value is -3.55. The van der Waals surface area contributed by atoms with E-state index in [0.29, 0.717) is 0 Å². The summed E-state index contributed by atoms with van der Waals surface area (Å²) in [4.78, 5) is 38.7. The molecule has 0 amide bonds. The number of Topliss-reactive ketones (excluding diaryl/α,β-unsaturated/α-hetero) is 3. The Morgan fingerprint density at radius 1 is 1.15 bits per heavy atom. The maximum absolute atomic E-state index is 13.3. The lowest BCUT2D eigenvalue weighted by atomic mass is 9.65. The predicted molar refractivity (Wildman–Crippen MR) is 106 cm³/mol. The number of carbonyl (C=O) groups excluding carboxylic acids is 3. The summed E-state index contributed by atoms with van der Waals surface area (Å²) >= 11 is 0. The van der Waals surface area contributed by atoms with E-state index in [2.05, 4.69) is 0 Å². The number of ether oxygens (including phenoxy) is 1. The molecule has 0 heterocycles. The Morgan fingerprint density at radius 3 is 2.36 bits per heavy atom. The molecule has 0 aromatic heterocycles. The zero-order chi connectivity index (χ0) is 24.6. The van der Waals surface area contributed by atoms with Crippen LogP contribution in [0.15, 0.2) is 52.2 Å². The molecule has 3 aliphatic carbocycles. The first-order chi connectivity index (χ1) is 15.4. The lowest BCUT2D eigenvalue weighted by Gasteiger charge is -2.46. The molecule has 12 nitrogen and oxygen atoms in total. The van der Waals surface area contributed by atoms with Crippen molar-refractivity contribution in [3.63, 3.8) is 0 Å². The number of hydrogen-bond acceptors (Lipinski definition) is 12. The van der Waals surface area contributed by atoms with Gasteiger partial charge in [-0.3, -0.25) is 14.4 Å². The van der Waals surface area contributed by atoms with Crippen LogP contribution in [0.5, 0.6) is 5.75 Å². The third-order valence-electron chi connectivity index (χ3n) is 6.16. The number of aliphatic hydroxyl groups is 7. The predicted octanol–water partition coefficient (Wildman–Crippen LogP) is -1.55. The highest BCUT2D eigenvalue weighted by Gasteiger charge is 2.65. The van der Waals surface area contributed by atoms with Crippen LogP contribution in [-0.2, 0) is 4.79 Å². The second-order valence-corrected chi connectivity index (χ2v) is 7.78. The number of carbonyl (C=O) groups is 3. The van der Waals surface area contributed by atoms with Crippen molar-refractivity contribution in [3.05, 3.63) is 63.3 Å². The molecule has 0 radical (unpaired) electrons. The first-order valence-corrected chi connectivity index (χ1v) is 9.52. The fourth-order valence-electron chi connectivity index (χ4n) is 4.52. The maximum Gasteiger partial charge on any atom is 0.224 e. The molecule has 174 valence electrons. The summed E-state index contributed by atoms with van der Waals surface area (Å²) in [6.45, 7) is -0.976. The van der Waals surface area contributed by atoms with E-state index in [1.807, 2.05) is 0 Å². The van der Waals surface area contributed by atoms with E-state index in [0.717, 1.165) is 0 Å². The van der Waals surface area contributed by atoms with Gasteiger partial charge in [0.2, 0.25) is 11.4 Å². The van der Waals surface area contributed by atoms with Crippen LogP contribution in [0.3, 0.4) is 0 Å². The quantitative estimate of drug-likeness (QED) is 0.239. The van der Waals surface area contributed by atoms with E-state index in [-0.39, 0.29) is 16.9 Å². The van der Waals surface area contributed by atoms with Crippen molar-refractivity contribution in [1.82, 2.24) is 0 Å². The fraction of sp³-hybridized carbons (Fsp3) is 0.286. The minimum Gasteiger partial charge on any atom is -0.511 e. The van der Waals surface area contributed by atoms with Gasteiger partial charge in [0.1, 0.15) is 28.9 Å². The van der Waals surface area contributed by atoms with Crippen molar-refractivity contribution >= 4 is 17.3 Å². The summed E-state index contributed by atoms with van der Waals surface area (Å²) in [5.41, 5.74) is -1.71. The van der Waals surface area contributed by atoms with Crippen LogP contribution in [0.1, 0.15) is 20.7 Å². The van der Waals surface area contributed by atoms with E-state index in [4.69, 9.17) is 10.5 Å². The number of nitrogens with two attached hydrogens (primary N) is 1. The molecule has 1 aromatic rings. The molecule has 33 heavy (non-hydrogen) atoms. The number of benzene rings is 1. The van der Waals surface area contributed by atoms with Gasteiger partial charge in [-0.05, 0) is 6.07 Å². The Kier molecular flexibility index (Phi) is 4.78. The second-order valence-electron chi connectivity index (χ2n) is 7.78. The highest BCUT2D eigenvalue weighted by molar-refractivity contribution is 6.26. The Balaban J connectivity index is 2.12. The molecular weight excluding hydrogens is 442 g/mol. The molecule has 0 spiro atoms. The van der Waals surface area contributed by atoms with Crippen molar-refractivity contribution in [2.45, 2.75) is 17.5 Å². The van der Waals surface area contributed by atoms with Gasteiger partial charge in [0.25, 0.3) is 0 Å². The average Bonchev–Trinajstić information content (AvgIpc) is 2.79. The van der Waals surface area contributed by atoms with Crippen LogP contribution in [0.4, 0.5) is 0 Å². The second kappa shape index (κ2) is 6.97. The van der Waals surface area contributed by atoms with Crippen LogP contribution in [-0.4, -0.2) is 84.2 Å². The Labute approximate surface area is 184 Å². The van der Waals surface area contributed by atoms with Crippen molar-refractivity contribution in [2.24, 2.45) is 11.7 Å². The molecule has 0 aliphatic heterocycles. The molecule has 1 aromatic carbocycles. The van der Waals surface area contributed by atoms with Gasteiger partial charge < -0.3 is 46.2 Å². The number of hydrogen-bond donors (Lipinski definition) is 8. The van der Waals surface area contributed by atoms with E-state index in [1.54, 1.807) is 0 Å². The van der Waals surface area contributed by atoms with Gasteiger partial charge in [0, 0.05) is 5.56 Å². The van der Waals surface area contributed by atoms with Gasteiger partial charge in [-0.2, -0.15) is 0 Å². The molecule has 3 atom stereocenters. The fourth-order valence-corrected chi connectivity index (χ4v) is 4.52. The molecule has 2 unspecified atom stereocenters. The topological polar surface area (TPSA) is 228 Å². The first kappa shape index (κ1) is 22.6. The van der Waals surface area contributed by atoms with Crippen molar-refractivity contribution < 1.29 is 54.9 Å². The standard InChI is InChI=1S/C21H19NO11/c1-33-7-4-2-3-6-9(7)15(25)11-10(14(6)24)16(26)12-13(17(11)27)21(31,32)19(29)20(30,18(12)28)8(23)5-22/h2-4,11,19,26-32H,5,22H2,1H3/t11?,19?,20-/m1/s1. The van der Waals surface area contributed by atoms with Gasteiger partial charge in [-0.1, -0.05) is 12.1 Å². The van der Waals surface area contributed by atoms with E-state index in [9.17, 15) is 50.1 Å². The molecular formula is C21H19NO11. The molecule has 9 N–H and O–H groups in total. The highest BCUT2D eigenvalue weighted by Crippen LogP contribution is 2.52. The number of fused-ring (bicyclic) bond motifs is 3. The summed E-state index contributed by atoms with van der Waals surface area (Å²) in [5, 5.41) is 74.7. The van der Waals surface area contributed by atoms with Crippen LogP contribution in [0, 0.1) is 5.92 Å². The number of aliphatic hydroxyl groups excluding tert-OH is 4. The monoisotopic (exact) mass is 461 g/mol. The molecule has 4 rings (SSSR count). The zero-order valence-corrected chi connectivity index (χ0v) is 16.9. The molecule has 0 bridgehead atoms.